The molecule has 150 valence electrons. The zero-order valence-electron chi connectivity index (χ0n) is 16.3. The lowest BCUT2D eigenvalue weighted by Gasteiger charge is -2.36. The van der Waals surface area contributed by atoms with E-state index in [1.807, 2.05) is 45.0 Å². The van der Waals surface area contributed by atoms with Gasteiger partial charge < -0.3 is 19.6 Å². The number of benzene rings is 1. The van der Waals surface area contributed by atoms with E-state index in [1.54, 1.807) is 15.8 Å². The Labute approximate surface area is 163 Å². The van der Waals surface area contributed by atoms with Gasteiger partial charge in [0.2, 0.25) is 0 Å². The zero-order chi connectivity index (χ0) is 20.3. The second-order valence-electron chi connectivity index (χ2n) is 7.70. The molecule has 3 rings (SSSR count). The normalized spacial score (nSPS) is 14.8. The van der Waals surface area contributed by atoms with Crippen molar-refractivity contribution in [1.29, 1.82) is 0 Å². The van der Waals surface area contributed by atoms with Gasteiger partial charge in [0.1, 0.15) is 5.60 Å². The predicted octanol–water partition coefficient (Wildman–Crippen LogP) is 1.95. The number of aromatic nitrogens is 3. The van der Waals surface area contributed by atoms with Crippen molar-refractivity contribution >= 4 is 17.7 Å². The molecule has 0 aliphatic carbocycles. The van der Waals surface area contributed by atoms with Crippen LogP contribution in [-0.2, 0) is 16.0 Å². The largest absolute Gasteiger partial charge is 0.481 e. The maximum atomic E-state index is 12.2. The molecule has 1 aliphatic heterocycles. The first kappa shape index (κ1) is 19.7. The molecule has 0 spiro atoms. The van der Waals surface area contributed by atoms with Crippen molar-refractivity contribution < 1.29 is 19.4 Å². The van der Waals surface area contributed by atoms with Gasteiger partial charge in [-0.15, -0.1) is 5.10 Å². The van der Waals surface area contributed by atoms with E-state index in [4.69, 9.17) is 9.84 Å². The van der Waals surface area contributed by atoms with Crippen molar-refractivity contribution in [3.8, 4) is 5.69 Å². The molecule has 28 heavy (non-hydrogen) atoms. The number of hydrogen-bond acceptors (Lipinski definition) is 6. The summed E-state index contributed by atoms with van der Waals surface area (Å²) in [5, 5.41) is 16.7. The molecular weight excluding hydrogens is 362 g/mol. The van der Waals surface area contributed by atoms with Crippen LogP contribution in [-0.4, -0.2) is 68.8 Å². The van der Waals surface area contributed by atoms with Crippen LogP contribution in [0.2, 0.25) is 0 Å². The summed E-state index contributed by atoms with van der Waals surface area (Å²) in [6.45, 7) is 8.26. The molecule has 1 fully saturated rings. The second kappa shape index (κ2) is 7.87. The third-order valence-electron chi connectivity index (χ3n) is 4.28. The minimum absolute atomic E-state index is 0.153. The molecule has 2 aromatic rings. The number of nitrogens with zero attached hydrogens (tertiary/aromatic N) is 5. The van der Waals surface area contributed by atoms with Crippen molar-refractivity contribution in [2.75, 3.05) is 31.1 Å². The highest BCUT2D eigenvalue weighted by Crippen LogP contribution is 2.20. The van der Waals surface area contributed by atoms with E-state index in [0.717, 1.165) is 24.5 Å². The van der Waals surface area contributed by atoms with Gasteiger partial charge in [0.15, 0.2) is 0 Å². The van der Waals surface area contributed by atoms with Crippen molar-refractivity contribution in [3.05, 3.63) is 36.2 Å². The molecule has 1 aromatic heterocycles. The maximum absolute atomic E-state index is 12.2. The van der Waals surface area contributed by atoms with Crippen LogP contribution in [0, 0.1) is 0 Å². The summed E-state index contributed by atoms with van der Waals surface area (Å²) in [6.07, 6.45) is 1.19. The number of carbonyl (C=O) groups is 2. The molecule has 0 bridgehead atoms. The Bertz CT molecular complexity index is 833. The number of aliphatic carboxylic acids is 1. The summed E-state index contributed by atoms with van der Waals surface area (Å²) in [4.78, 5) is 26.9. The van der Waals surface area contributed by atoms with Crippen molar-refractivity contribution in [1.82, 2.24) is 19.9 Å². The van der Waals surface area contributed by atoms with Crippen LogP contribution in [0.3, 0.4) is 0 Å². The molecule has 1 amide bonds. The first-order valence-electron chi connectivity index (χ1n) is 9.17. The van der Waals surface area contributed by atoms with Crippen LogP contribution in [0.15, 0.2) is 30.5 Å². The predicted molar refractivity (Wildman–Crippen MR) is 103 cm³/mol. The third kappa shape index (κ3) is 4.99. The van der Waals surface area contributed by atoms with Crippen LogP contribution in [0.5, 0.6) is 0 Å². The number of hydrogen-bond donors (Lipinski definition) is 1. The highest BCUT2D eigenvalue weighted by molar-refractivity contribution is 5.69. The molecule has 2 heterocycles. The molecule has 0 saturated carbocycles. The average molecular weight is 387 g/mol. The molecular formula is C19H25N5O4. The molecule has 0 atom stereocenters. The molecule has 1 N–H and O–H groups in total. The van der Waals surface area contributed by atoms with E-state index in [2.05, 4.69) is 15.2 Å². The molecule has 1 aliphatic rings. The molecule has 9 nitrogen and oxygen atoms in total. The summed E-state index contributed by atoms with van der Waals surface area (Å²) < 4.78 is 6.98. The lowest BCUT2D eigenvalue weighted by molar-refractivity contribution is -0.136. The van der Waals surface area contributed by atoms with Gasteiger partial charge >= 0.3 is 12.1 Å². The van der Waals surface area contributed by atoms with Gasteiger partial charge in [0.25, 0.3) is 0 Å². The Morgan fingerprint density at radius 2 is 1.68 bits per heavy atom. The molecule has 0 unspecified atom stereocenters. The molecule has 1 aromatic carbocycles. The SMILES string of the molecule is CC(C)(C)OC(=O)N1CCN(c2ccc(-n3cc(CC(=O)O)nn3)cc2)CC1. The fourth-order valence-corrected chi connectivity index (χ4v) is 2.95. The number of anilines is 1. The molecule has 9 heteroatoms. The van der Waals surface area contributed by atoms with E-state index in [0.29, 0.717) is 18.8 Å². The maximum Gasteiger partial charge on any atom is 0.410 e. The summed E-state index contributed by atoms with van der Waals surface area (Å²) in [5.41, 5.74) is 1.78. The fourth-order valence-electron chi connectivity index (χ4n) is 2.95. The van der Waals surface area contributed by atoms with E-state index < -0.39 is 11.6 Å². The summed E-state index contributed by atoms with van der Waals surface area (Å²) in [5.74, 6) is -0.937. The Morgan fingerprint density at radius 1 is 1.07 bits per heavy atom. The van der Waals surface area contributed by atoms with Gasteiger partial charge in [-0.05, 0) is 45.0 Å². The number of carboxylic acids is 1. The quantitative estimate of drug-likeness (QED) is 0.856. The smallest absolute Gasteiger partial charge is 0.410 e. The summed E-state index contributed by atoms with van der Waals surface area (Å²) >= 11 is 0. The van der Waals surface area contributed by atoms with Gasteiger partial charge in [-0.3, -0.25) is 4.79 Å². The lowest BCUT2D eigenvalue weighted by Crippen LogP contribution is -2.50. The highest BCUT2D eigenvalue weighted by Gasteiger charge is 2.25. The van der Waals surface area contributed by atoms with Gasteiger partial charge in [-0.25, -0.2) is 9.48 Å². The standard InChI is InChI=1S/C19H25N5O4/c1-19(2,3)28-18(27)23-10-8-22(9-11-23)15-4-6-16(7-5-15)24-13-14(20-21-24)12-17(25)26/h4-7,13H,8-12H2,1-3H3,(H,25,26). The minimum atomic E-state index is -0.937. The van der Waals surface area contributed by atoms with E-state index >= 15 is 0 Å². The summed E-state index contributed by atoms with van der Waals surface area (Å²) in [6, 6.07) is 7.79. The Hall–Kier alpha value is -3.10. The number of ether oxygens (including phenoxy) is 1. The van der Waals surface area contributed by atoms with Crippen molar-refractivity contribution in [2.24, 2.45) is 0 Å². The average Bonchev–Trinajstić information content (AvgIpc) is 3.08. The number of carboxylic acid groups (broad SMARTS) is 1. The van der Waals surface area contributed by atoms with Crippen LogP contribution in [0.25, 0.3) is 5.69 Å². The van der Waals surface area contributed by atoms with Crippen LogP contribution >= 0.6 is 0 Å². The van der Waals surface area contributed by atoms with Gasteiger partial charge in [-0.2, -0.15) is 0 Å². The number of piperazine rings is 1. The van der Waals surface area contributed by atoms with Gasteiger partial charge in [0, 0.05) is 31.9 Å². The van der Waals surface area contributed by atoms with Crippen LogP contribution in [0.1, 0.15) is 26.5 Å². The van der Waals surface area contributed by atoms with E-state index in [1.165, 1.54) is 0 Å². The van der Waals surface area contributed by atoms with E-state index in [-0.39, 0.29) is 12.5 Å². The van der Waals surface area contributed by atoms with Gasteiger partial charge in [-0.1, -0.05) is 5.21 Å². The van der Waals surface area contributed by atoms with Crippen molar-refractivity contribution in [2.45, 2.75) is 32.8 Å². The zero-order valence-corrected chi connectivity index (χ0v) is 16.3. The fraction of sp³-hybridized carbons (Fsp3) is 0.474. The van der Waals surface area contributed by atoms with Crippen molar-refractivity contribution in [3.63, 3.8) is 0 Å². The van der Waals surface area contributed by atoms with E-state index in [9.17, 15) is 9.59 Å². The molecule has 1 saturated heterocycles. The lowest BCUT2D eigenvalue weighted by atomic mass is 10.2. The number of amides is 1. The highest BCUT2D eigenvalue weighted by atomic mass is 16.6. The van der Waals surface area contributed by atoms with Crippen LogP contribution < -0.4 is 4.90 Å². The first-order chi connectivity index (χ1) is 13.2. The van der Waals surface area contributed by atoms with Gasteiger partial charge in [0.05, 0.1) is 24.0 Å². The monoisotopic (exact) mass is 387 g/mol. The first-order valence-corrected chi connectivity index (χ1v) is 9.17. The number of rotatable bonds is 4. The summed E-state index contributed by atoms with van der Waals surface area (Å²) in [7, 11) is 0. The Kier molecular flexibility index (Phi) is 5.53. The topological polar surface area (TPSA) is 101 Å². The van der Waals surface area contributed by atoms with Crippen LogP contribution in [0.4, 0.5) is 10.5 Å². The Balaban J connectivity index is 1.58. The number of carbonyl (C=O) groups excluding carboxylic acids is 1. The molecule has 0 radical (unpaired) electrons. The minimum Gasteiger partial charge on any atom is -0.481 e. The third-order valence-corrected chi connectivity index (χ3v) is 4.28. The Morgan fingerprint density at radius 3 is 2.25 bits per heavy atom. The second-order valence-corrected chi connectivity index (χ2v) is 7.70.